The SMILES string of the molecule is c1ccc2c(c1)CCCC2NCC1CCCC1. The molecule has 92 valence electrons. The van der Waals surface area contributed by atoms with Crippen molar-refractivity contribution < 1.29 is 0 Å². The standard InChI is InChI=1S/C16H23N/c1-2-7-13(6-1)12-17-16-11-5-9-14-8-3-4-10-15(14)16/h3-4,8,10,13,16-17H,1-2,5-7,9,11-12H2. The third-order valence-electron chi connectivity index (χ3n) is 4.50. The Morgan fingerprint density at radius 3 is 2.71 bits per heavy atom. The summed E-state index contributed by atoms with van der Waals surface area (Å²) in [5, 5.41) is 3.82. The van der Waals surface area contributed by atoms with Crippen LogP contribution in [0.4, 0.5) is 0 Å². The number of hydrogen-bond donors (Lipinski definition) is 1. The number of hydrogen-bond acceptors (Lipinski definition) is 1. The molecule has 1 heteroatoms. The first-order chi connectivity index (χ1) is 8.43. The molecule has 0 aliphatic heterocycles. The summed E-state index contributed by atoms with van der Waals surface area (Å²) in [7, 11) is 0. The average molecular weight is 229 g/mol. The molecule has 1 aromatic carbocycles. The largest absolute Gasteiger partial charge is 0.310 e. The Hall–Kier alpha value is -0.820. The summed E-state index contributed by atoms with van der Waals surface area (Å²) in [6.07, 6.45) is 9.74. The molecule has 1 fully saturated rings. The summed E-state index contributed by atoms with van der Waals surface area (Å²) < 4.78 is 0. The molecule has 0 heterocycles. The maximum Gasteiger partial charge on any atom is 0.0323 e. The Bertz CT molecular complexity index is 366. The minimum Gasteiger partial charge on any atom is -0.310 e. The fourth-order valence-corrected chi connectivity index (χ4v) is 3.49. The highest BCUT2D eigenvalue weighted by Crippen LogP contribution is 2.30. The van der Waals surface area contributed by atoms with Crippen molar-refractivity contribution in [3.05, 3.63) is 35.4 Å². The van der Waals surface area contributed by atoms with E-state index in [0.717, 1.165) is 5.92 Å². The molecule has 1 atom stereocenters. The fraction of sp³-hybridized carbons (Fsp3) is 0.625. The molecule has 3 rings (SSSR count). The van der Waals surface area contributed by atoms with Crippen molar-refractivity contribution in [2.45, 2.75) is 51.0 Å². The second-order valence-electron chi connectivity index (χ2n) is 5.70. The Kier molecular flexibility index (Phi) is 3.46. The summed E-state index contributed by atoms with van der Waals surface area (Å²) in [5.74, 6) is 0.948. The Morgan fingerprint density at radius 2 is 1.82 bits per heavy atom. The van der Waals surface area contributed by atoms with Gasteiger partial charge in [-0.1, -0.05) is 37.1 Å². The Morgan fingerprint density at radius 1 is 1.00 bits per heavy atom. The van der Waals surface area contributed by atoms with Gasteiger partial charge in [0.05, 0.1) is 0 Å². The summed E-state index contributed by atoms with van der Waals surface area (Å²) in [6, 6.07) is 9.62. The van der Waals surface area contributed by atoms with Gasteiger partial charge in [0.15, 0.2) is 0 Å². The van der Waals surface area contributed by atoms with Crippen molar-refractivity contribution in [3.63, 3.8) is 0 Å². The molecule has 1 N–H and O–H groups in total. The minimum atomic E-state index is 0.626. The van der Waals surface area contributed by atoms with Crippen molar-refractivity contribution >= 4 is 0 Å². The van der Waals surface area contributed by atoms with Crippen LogP contribution in [0.25, 0.3) is 0 Å². The van der Waals surface area contributed by atoms with E-state index in [0.29, 0.717) is 6.04 Å². The molecule has 0 aromatic heterocycles. The molecular weight excluding hydrogens is 206 g/mol. The summed E-state index contributed by atoms with van der Waals surface area (Å²) in [5.41, 5.74) is 3.14. The quantitative estimate of drug-likeness (QED) is 0.830. The highest BCUT2D eigenvalue weighted by Gasteiger charge is 2.21. The molecule has 0 spiro atoms. The summed E-state index contributed by atoms with van der Waals surface area (Å²) >= 11 is 0. The lowest BCUT2D eigenvalue weighted by atomic mass is 9.87. The molecule has 0 saturated heterocycles. The van der Waals surface area contributed by atoms with Gasteiger partial charge >= 0.3 is 0 Å². The summed E-state index contributed by atoms with van der Waals surface area (Å²) in [4.78, 5) is 0. The van der Waals surface area contributed by atoms with E-state index in [-0.39, 0.29) is 0 Å². The van der Waals surface area contributed by atoms with E-state index in [9.17, 15) is 0 Å². The second kappa shape index (κ2) is 5.22. The van der Waals surface area contributed by atoms with Gasteiger partial charge in [-0.2, -0.15) is 0 Å². The minimum absolute atomic E-state index is 0.626. The van der Waals surface area contributed by atoms with Crippen LogP contribution in [0.5, 0.6) is 0 Å². The summed E-state index contributed by atoms with van der Waals surface area (Å²) in [6.45, 7) is 1.24. The predicted octanol–water partition coefficient (Wildman–Crippen LogP) is 3.84. The van der Waals surface area contributed by atoms with E-state index in [4.69, 9.17) is 0 Å². The maximum absolute atomic E-state index is 3.82. The average Bonchev–Trinajstić information content (AvgIpc) is 2.89. The monoisotopic (exact) mass is 229 g/mol. The topological polar surface area (TPSA) is 12.0 Å². The first-order valence-corrected chi connectivity index (χ1v) is 7.24. The van der Waals surface area contributed by atoms with Gasteiger partial charge in [-0.15, -0.1) is 0 Å². The van der Waals surface area contributed by atoms with Gasteiger partial charge in [0.2, 0.25) is 0 Å². The molecule has 0 amide bonds. The van der Waals surface area contributed by atoms with Crippen LogP contribution in [-0.4, -0.2) is 6.54 Å². The van der Waals surface area contributed by atoms with Crippen LogP contribution in [-0.2, 0) is 6.42 Å². The van der Waals surface area contributed by atoms with E-state index >= 15 is 0 Å². The molecule has 1 saturated carbocycles. The lowest BCUT2D eigenvalue weighted by Gasteiger charge is -2.27. The van der Waals surface area contributed by atoms with Crippen LogP contribution in [0.15, 0.2) is 24.3 Å². The van der Waals surface area contributed by atoms with Gasteiger partial charge in [0.25, 0.3) is 0 Å². The van der Waals surface area contributed by atoms with Gasteiger partial charge in [-0.05, 0) is 55.7 Å². The van der Waals surface area contributed by atoms with E-state index in [1.165, 1.54) is 51.5 Å². The molecule has 1 nitrogen and oxygen atoms in total. The zero-order chi connectivity index (χ0) is 11.5. The number of fused-ring (bicyclic) bond motifs is 1. The Balaban J connectivity index is 1.64. The van der Waals surface area contributed by atoms with Crippen molar-refractivity contribution in [2.24, 2.45) is 5.92 Å². The lowest BCUT2D eigenvalue weighted by molar-refractivity contribution is 0.404. The van der Waals surface area contributed by atoms with Crippen molar-refractivity contribution in [2.75, 3.05) is 6.54 Å². The zero-order valence-electron chi connectivity index (χ0n) is 10.6. The van der Waals surface area contributed by atoms with Crippen LogP contribution < -0.4 is 5.32 Å². The van der Waals surface area contributed by atoms with Crippen LogP contribution in [0, 0.1) is 5.92 Å². The third-order valence-corrected chi connectivity index (χ3v) is 4.50. The van der Waals surface area contributed by atoms with E-state index in [1.54, 1.807) is 11.1 Å². The van der Waals surface area contributed by atoms with Crippen LogP contribution in [0.2, 0.25) is 0 Å². The number of aryl methyl sites for hydroxylation is 1. The van der Waals surface area contributed by atoms with Gasteiger partial charge in [-0.3, -0.25) is 0 Å². The van der Waals surface area contributed by atoms with Gasteiger partial charge in [0, 0.05) is 6.04 Å². The lowest BCUT2D eigenvalue weighted by Crippen LogP contribution is -2.29. The molecule has 1 unspecified atom stereocenters. The predicted molar refractivity (Wildman–Crippen MR) is 72.1 cm³/mol. The molecule has 17 heavy (non-hydrogen) atoms. The first kappa shape index (κ1) is 11.3. The van der Waals surface area contributed by atoms with E-state index in [1.807, 2.05) is 0 Å². The van der Waals surface area contributed by atoms with Gasteiger partial charge in [0.1, 0.15) is 0 Å². The Labute approximate surface area is 105 Å². The smallest absolute Gasteiger partial charge is 0.0323 e. The number of benzene rings is 1. The van der Waals surface area contributed by atoms with Crippen molar-refractivity contribution in [1.29, 1.82) is 0 Å². The molecule has 1 aromatic rings. The van der Waals surface area contributed by atoms with Crippen LogP contribution in [0.3, 0.4) is 0 Å². The highest BCUT2D eigenvalue weighted by molar-refractivity contribution is 5.32. The zero-order valence-corrected chi connectivity index (χ0v) is 10.6. The maximum atomic E-state index is 3.82. The molecule has 0 radical (unpaired) electrons. The number of rotatable bonds is 3. The van der Waals surface area contributed by atoms with E-state index < -0.39 is 0 Å². The molecular formula is C16H23N. The van der Waals surface area contributed by atoms with Gasteiger partial charge < -0.3 is 5.32 Å². The molecule has 0 bridgehead atoms. The van der Waals surface area contributed by atoms with Gasteiger partial charge in [-0.25, -0.2) is 0 Å². The van der Waals surface area contributed by atoms with Crippen LogP contribution >= 0.6 is 0 Å². The molecule has 2 aliphatic carbocycles. The van der Waals surface area contributed by atoms with E-state index in [2.05, 4.69) is 29.6 Å². The van der Waals surface area contributed by atoms with Crippen LogP contribution in [0.1, 0.15) is 55.7 Å². The van der Waals surface area contributed by atoms with Crippen molar-refractivity contribution in [3.8, 4) is 0 Å². The second-order valence-corrected chi connectivity index (χ2v) is 5.70. The third kappa shape index (κ3) is 2.55. The normalized spacial score (nSPS) is 24.8. The van der Waals surface area contributed by atoms with Crippen molar-refractivity contribution in [1.82, 2.24) is 5.32 Å². The fourth-order valence-electron chi connectivity index (χ4n) is 3.49. The first-order valence-electron chi connectivity index (χ1n) is 7.24. The number of nitrogens with one attached hydrogen (secondary N) is 1. The molecule has 2 aliphatic rings. The highest BCUT2D eigenvalue weighted by atomic mass is 14.9.